The van der Waals surface area contributed by atoms with Crippen molar-refractivity contribution in [3.63, 3.8) is 0 Å². The van der Waals surface area contributed by atoms with Crippen LogP contribution in [0.15, 0.2) is 162 Å². The second-order valence-corrected chi connectivity index (χ2v) is 14.5. The van der Waals surface area contributed by atoms with Crippen molar-refractivity contribution in [3.05, 3.63) is 169 Å². The van der Waals surface area contributed by atoms with Gasteiger partial charge in [-0.05, 0) is 56.3 Å². The van der Waals surface area contributed by atoms with Crippen molar-refractivity contribution in [2.24, 2.45) is 0 Å². The molecule has 0 atom stereocenters. The minimum absolute atomic E-state index is 0.0712. The Labute approximate surface area is 300 Å². The summed E-state index contributed by atoms with van der Waals surface area (Å²) in [6, 6.07) is 54.2. The molecular formula is C49H32N2O. The zero-order valence-electron chi connectivity index (χ0n) is 28.8. The second-order valence-electron chi connectivity index (χ2n) is 14.5. The Kier molecular flexibility index (Phi) is 6.01. The Morgan fingerprint density at radius 1 is 0.423 bits per heavy atom. The fourth-order valence-electron chi connectivity index (χ4n) is 8.75. The Morgan fingerprint density at radius 3 is 1.69 bits per heavy atom. The van der Waals surface area contributed by atoms with E-state index < -0.39 is 0 Å². The van der Waals surface area contributed by atoms with E-state index in [1.807, 2.05) is 6.20 Å². The normalized spacial score (nSPS) is 13.3. The second kappa shape index (κ2) is 10.7. The lowest BCUT2D eigenvalue weighted by Gasteiger charge is -2.22. The number of furan rings is 1. The molecule has 10 aromatic rings. The van der Waals surface area contributed by atoms with Crippen molar-refractivity contribution in [2.75, 3.05) is 0 Å². The number of nitrogens with zero attached hydrogens (tertiary/aromatic N) is 2. The van der Waals surface area contributed by atoms with Crippen molar-refractivity contribution in [1.82, 2.24) is 9.97 Å². The zero-order chi connectivity index (χ0) is 34.6. The molecule has 3 heteroatoms. The fourth-order valence-corrected chi connectivity index (χ4v) is 8.75. The third-order valence-electron chi connectivity index (χ3n) is 11.3. The van der Waals surface area contributed by atoms with E-state index >= 15 is 0 Å². The molecule has 1 aliphatic rings. The minimum Gasteiger partial charge on any atom is -0.455 e. The van der Waals surface area contributed by atoms with Gasteiger partial charge >= 0.3 is 0 Å². The Morgan fingerprint density at radius 2 is 0.962 bits per heavy atom. The van der Waals surface area contributed by atoms with Gasteiger partial charge in [-0.2, -0.15) is 0 Å². The summed E-state index contributed by atoms with van der Waals surface area (Å²) in [5.74, 6) is 0. The molecular weight excluding hydrogens is 633 g/mol. The molecule has 0 aliphatic heterocycles. The molecule has 3 nitrogen and oxygen atoms in total. The van der Waals surface area contributed by atoms with Crippen molar-refractivity contribution in [3.8, 4) is 44.6 Å². The predicted octanol–water partition coefficient (Wildman–Crippen LogP) is 13.1. The summed E-state index contributed by atoms with van der Waals surface area (Å²) in [4.78, 5) is 10.3. The highest BCUT2D eigenvalue weighted by atomic mass is 16.3. The van der Waals surface area contributed by atoms with Crippen LogP contribution in [0.3, 0.4) is 0 Å². The van der Waals surface area contributed by atoms with Gasteiger partial charge in [0.05, 0.1) is 22.9 Å². The molecule has 0 amide bonds. The van der Waals surface area contributed by atoms with Crippen LogP contribution >= 0.6 is 0 Å². The third-order valence-corrected chi connectivity index (χ3v) is 11.3. The summed E-state index contributed by atoms with van der Waals surface area (Å²) < 4.78 is 6.92. The first-order valence-corrected chi connectivity index (χ1v) is 17.9. The van der Waals surface area contributed by atoms with Crippen LogP contribution in [0, 0.1) is 0 Å². The molecule has 0 N–H and O–H groups in total. The monoisotopic (exact) mass is 664 g/mol. The first-order chi connectivity index (χ1) is 25.5. The fraction of sp³-hybridized carbons (Fsp3) is 0.0612. The molecule has 0 fully saturated rings. The van der Waals surface area contributed by atoms with Crippen LogP contribution in [0.25, 0.3) is 99.2 Å². The van der Waals surface area contributed by atoms with E-state index in [0.717, 1.165) is 71.7 Å². The van der Waals surface area contributed by atoms with Crippen LogP contribution in [0.1, 0.15) is 25.0 Å². The van der Waals surface area contributed by atoms with Crippen molar-refractivity contribution in [1.29, 1.82) is 0 Å². The topological polar surface area (TPSA) is 38.9 Å². The molecule has 8 aromatic carbocycles. The van der Waals surface area contributed by atoms with Crippen LogP contribution in [0.2, 0.25) is 0 Å². The standard InChI is InChI=1S/C49H32N2O/c1-49(2)42-23-8-7-16-36(42)37-25-24-30(27-43(37)49)33-20-11-22-41-40-21-10-19-32(47(40)52-48(33)41)29-12-9-13-31(26-29)44-28-50-45-38-17-5-3-14-34(38)35-15-4-6-18-39(35)46(45)51-44/h3-28H,1-2H3. The maximum absolute atomic E-state index is 6.92. The average Bonchev–Trinajstić information content (AvgIpc) is 3.70. The van der Waals surface area contributed by atoms with Gasteiger partial charge < -0.3 is 4.42 Å². The first kappa shape index (κ1) is 29.2. The summed E-state index contributed by atoms with van der Waals surface area (Å²) in [5, 5.41) is 6.85. The lowest BCUT2D eigenvalue weighted by Crippen LogP contribution is -2.14. The summed E-state index contributed by atoms with van der Waals surface area (Å²) in [5.41, 5.74) is 15.2. The van der Waals surface area contributed by atoms with Crippen molar-refractivity contribution >= 4 is 54.5 Å². The van der Waals surface area contributed by atoms with Gasteiger partial charge in [-0.15, -0.1) is 0 Å². The van der Waals surface area contributed by atoms with E-state index in [1.54, 1.807) is 0 Å². The lowest BCUT2D eigenvalue weighted by atomic mass is 9.81. The van der Waals surface area contributed by atoms with Gasteiger partial charge in [0.15, 0.2) is 0 Å². The minimum atomic E-state index is -0.0712. The molecule has 0 unspecified atom stereocenters. The van der Waals surface area contributed by atoms with Gasteiger partial charge in [-0.3, -0.25) is 4.98 Å². The summed E-state index contributed by atoms with van der Waals surface area (Å²) in [6.07, 6.45) is 1.91. The highest BCUT2D eigenvalue weighted by molar-refractivity contribution is 6.23. The maximum Gasteiger partial charge on any atom is 0.143 e. The van der Waals surface area contributed by atoms with Crippen LogP contribution in [-0.2, 0) is 5.41 Å². The van der Waals surface area contributed by atoms with Gasteiger partial charge in [0, 0.05) is 43.7 Å². The molecule has 0 bridgehead atoms. The highest BCUT2D eigenvalue weighted by Crippen LogP contribution is 2.50. The number of aromatic nitrogens is 2. The molecule has 0 saturated heterocycles. The number of rotatable bonds is 3. The molecule has 1 aliphatic carbocycles. The van der Waals surface area contributed by atoms with Crippen LogP contribution in [0.5, 0.6) is 0 Å². The van der Waals surface area contributed by atoms with Crippen LogP contribution in [0.4, 0.5) is 0 Å². The Bertz CT molecular complexity index is 3080. The van der Waals surface area contributed by atoms with Gasteiger partial charge in [0.25, 0.3) is 0 Å². The van der Waals surface area contributed by atoms with Gasteiger partial charge in [0.1, 0.15) is 11.2 Å². The maximum atomic E-state index is 6.92. The smallest absolute Gasteiger partial charge is 0.143 e. The van der Waals surface area contributed by atoms with E-state index in [-0.39, 0.29) is 5.41 Å². The number of hydrogen-bond acceptors (Lipinski definition) is 3. The Balaban J connectivity index is 1.04. The molecule has 52 heavy (non-hydrogen) atoms. The van der Waals surface area contributed by atoms with E-state index in [9.17, 15) is 0 Å². The number of hydrogen-bond donors (Lipinski definition) is 0. The van der Waals surface area contributed by atoms with E-state index in [1.165, 1.54) is 38.6 Å². The highest BCUT2D eigenvalue weighted by Gasteiger charge is 2.35. The largest absolute Gasteiger partial charge is 0.455 e. The zero-order valence-corrected chi connectivity index (χ0v) is 28.8. The van der Waals surface area contributed by atoms with Crippen LogP contribution in [-0.4, -0.2) is 9.97 Å². The van der Waals surface area contributed by atoms with Crippen molar-refractivity contribution < 1.29 is 4.42 Å². The quantitative estimate of drug-likeness (QED) is 0.176. The van der Waals surface area contributed by atoms with Gasteiger partial charge in [-0.25, -0.2) is 4.98 Å². The van der Waals surface area contributed by atoms with Gasteiger partial charge in [-0.1, -0.05) is 153 Å². The molecule has 0 spiro atoms. The average molecular weight is 665 g/mol. The first-order valence-electron chi connectivity index (χ1n) is 17.9. The molecule has 2 heterocycles. The molecule has 2 aromatic heterocycles. The van der Waals surface area contributed by atoms with E-state index in [2.05, 4.69) is 166 Å². The van der Waals surface area contributed by atoms with Crippen molar-refractivity contribution in [2.45, 2.75) is 19.3 Å². The number of benzene rings is 8. The summed E-state index contributed by atoms with van der Waals surface area (Å²) in [7, 11) is 0. The number of para-hydroxylation sites is 2. The van der Waals surface area contributed by atoms with E-state index in [4.69, 9.17) is 14.4 Å². The summed E-state index contributed by atoms with van der Waals surface area (Å²) in [6.45, 7) is 4.66. The van der Waals surface area contributed by atoms with Crippen LogP contribution < -0.4 is 0 Å². The lowest BCUT2D eigenvalue weighted by molar-refractivity contribution is 0.660. The van der Waals surface area contributed by atoms with E-state index in [0.29, 0.717) is 0 Å². The predicted molar refractivity (Wildman–Crippen MR) is 216 cm³/mol. The molecule has 244 valence electrons. The Hall–Kier alpha value is -6.58. The molecule has 11 rings (SSSR count). The third kappa shape index (κ3) is 4.08. The summed E-state index contributed by atoms with van der Waals surface area (Å²) >= 11 is 0. The van der Waals surface area contributed by atoms with Gasteiger partial charge in [0.2, 0.25) is 0 Å². The molecule has 0 saturated carbocycles. The number of fused-ring (bicyclic) bond motifs is 12. The SMILES string of the molecule is CC1(C)c2ccccc2-c2ccc(-c3cccc4c3oc3c(-c5cccc(-c6cnc7c8ccccc8c8ccccc8c7n6)c5)cccc34)cc21. The molecule has 0 radical (unpaired) electrons.